The second kappa shape index (κ2) is 18.1. The predicted molar refractivity (Wildman–Crippen MR) is 227 cm³/mol. The Balaban J connectivity index is 0.000000196. The number of rotatable bonds is 4. The van der Waals surface area contributed by atoms with E-state index in [1.165, 1.54) is 36.4 Å². The molecule has 20 nitrogen and oxygen atoms in total. The Morgan fingerprint density at radius 3 is 1.03 bits per heavy atom. The standard InChI is InChI=1S/C21H16O10.C12H12O5.C9H6O5.C2H6/c1-2-7(12-14(24)8-3-5-10(22)16(26)18(8)30-20(12)28)13-15(25)9-4-6-11(23)17(27)19(9)31-21(13)29;1-5(2)8-9(14)6-3-4-7(13)10(15)11(6)17-12(8)16;10-5-2-1-4-6(11)3-7(12)14-9(4)8(5)13;1-2/h3-7,22-27H,2H2,1H3;3-5,13-15H,1-2H3;1-3,10-11,13H;1-2H3. The van der Waals surface area contributed by atoms with Gasteiger partial charge in [0.1, 0.15) is 23.0 Å². The summed E-state index contributed by atoms with van der Waals surface area (Å²) in [6.07, 6.45) is 0.0434. The minimum absolute atomic E-state index is 0.0434. The average molecular weight is 889 g/mol. The Hall–Kier alpha value is -8.68. The lowest BCUT2D eigenvalue weighted by atomic mass is 9.88. The van der Waals surface area contributed by atoms with E-state index in [0.717, 1.165) is 18.2 Å². The van der Waals surface area contributed by atoms with Crippen molar-refractivity contribution in [3.8, 4) is 69.0 Å². The molecule has 0 saturated carbocycles. The van der Waals surface area contributed by atoms with Crippen molar-refractivity contribution in [1.82, 2.24) is 0 Å². The van der Waals surface area contributed by atoms with Crippen LogP contribution in [0.5, 0.6) is 69.0 Å². The summed E-state index contributed by atoms with van der Waals surface area (Å²) < 4.78 is 19.7. The minimum atomic E-state index is -1.19. The van der Waals surface area contributed by atoms with E-state index in [1.807, 2.05) is 13.8 Å². The van der Waals surface area contributed by atoms with Gasteiger partial charge in [-0.2, -0.15) is 0 Å². The van der Waals surface area contributed by atoms with Crippen molar-refractivity contribution >= 4 is 43.9 Å². The van der Waals surface area contributed by atoms with Crippen molar-refractivity contribution in [3.05, 3.63) is 113 Å². The van der Waals surface area contributed by atoms with Crippen LogP contribution in [0.1, 0.15) is 69.6 Å². The van der Waals surface area contributed by atoms with Crippen LogP contribution in [0, 0.1) is 0 Å². The third kappa shape index (κ3) is 8.21. The molecule has 4 heterocycles. The van der Waals surface area contributed by atoms with Gasteiger partial charge in [0.15, 0.2) is 45.3 Å². The summed E-state index contributed by atoms with van der Waals surface area (Å²) in [5.74, 6) is -7.67. The van der Waals surface area contributed by atoms with Crippen LogP contribution in [0.3, 0.4) is 0 Å². The van der Waals surface area contributed by atoms with Crippen molar-refractivity contribution in [3.63, 3.8) is 0 Å². The first-order valence-electron chi connectivity index (χ1n) is 19.0. The monoisotopic (exact) mass is 888 g/mol. The van der Waals surface area contributed by atoms with Gasteiger partial charge in [0.25, 0.3) is 0 Å². The highest BCUT2D eigenvalue weighted by atomic mass is 16.4. The number of phenols is 8. The van der Waals surface area contributed by atoms with E-state index >= 15 is 0 Å². The maximum Gasteiger partial charge on any atom is 0.343 e. The maximum absolute atomic E-state index is 12.7. The molecule has 4 aromatic heterocycles. The van der Waals surface area contributed by atoms with Gasteiger partial charge in [-0.1, -0.05) is 34.6 Å². The maximum atomic E-state index is 12.7. The third-order valence-electron chi connectivity index (χ3n) is 9.63. The molecule has 20 heteroatoms. The Kier molecular flexibility index (Phi) is 13.1. The highest BCUT2D eigenvalue weighted by Crippen LogP contribution is 2.45. The fourth-order valence-electron chi connectivity index (χ4n) is 6.58. The lowest BCUT2D eigenvalue weighted by Crippen LogP contribution is -2.20. The first-order chi connectivity index (χ1) is 30.2. The van der Waals surface area contributed by atoms with Gasteiger partial charge in [-0.3, -0.25) is 0 Å². The van der Waals surface area contributed by atoms with Crippen molar-refractivity contribution < 1.29 is 78.9 Å². The molecule has 0 radical (unpaired) electrons. The molecule has 8 aromatic rings. The zero-order valence-corrected chi connectivity index (χ0v) is 34.2. The lowest BCUT2D eigenvalue weighted by molar-refractivity contribution is 0.390. The second-order valence-corrected chi connectivity index (χ2v) is 13.8. The summed E-state index contributed by atoms with van der Waals surface area (Å²) in [6, 6.07) is 10.6. The molecule has 8 rings (SSSR count). The van der Waals surface area contributed by atoms with Gasteiger partial charge in [-0.05, 0) is 60.9 Å². The summed E-state index contributed by atoms with van der Waals surface area (Å²) in [6.45, 7) is 9.08. The number of hydrogen-bond donors (Lipinski definition) is 12. The molecule has 0 atom stereocenters. The Morgan fingerprint density at radius 2 is 0.703 bits per heavy atom. The summed E-state index contributed by atoms with van der Waals surface area (Å²) in [7, 11) is 0. The molecule has 0 saturated heterocycles. The molecule has 0 bridgehead atoms. The fourth-order valence-corrected chi connectivity index (χ4v) is 6.58. The Morgan fingerprint density at radius 1 is 0.406 bits per heavy atom. The van der Waals surface area contributed by atoms with Crippen LogP contribution in [-0.4, -0.2) is 61.3 Å². The van der Waals surface area contributed by atoms with E-state index in [4.69, 9.17) is 18.4 Å². The van der Waals surface area contributed by atoms with E-state index in [9.17, 15) is 75.3 Å². The van der Waals surface area contributed by atoms with Gasteiger partial charge < -0.3 is 78.9 Å². The number of hydrogen-bond acceptors (Lipinski definition) is 20. The zero-order chi connectivity index (χ0) is 47.6. The SMILES string of the molecule is CC.CC(C)c1c(O)c2ccc(O)c(O)c2oc1=O.CCC(c1c(O)c2ccc(O)c(O)c2oc1=O)c1c(O)c2ccc(O)c(O)c2oc1=O.O=c1cc(O)c2ccc(O)c(O)c2o1. The quantitative estimate of drug-likeness (QED) is 0.0650. The van der Waals surface area contributed by atoms with Gasteiger partial charge in [-0.25, -0.2) is 19.2 Å². The molecular formula is C44H40O20. The minimum Gasteiger partial charge on any atom is -0.507 e. The molecule has 0 aliphatic rings. The van der Waals surface area contributed by atoms with Gasteiger partial charge >= 0.3 is 22.5 Å². The van der Waals surface area contributed by atoms with Gasteiger partial charge in [0, 0.05) is 5.92 Å². The molecule has 12 N–H and O–H groups in total. The molecule has 0 fully saturated rings. The molecule has 0 aliphatic heterocycles. The molecule has 4 aromatic carbocycles. The van der Waals surface area contributed by atoms with Crippen molar-refractivity contribution in [1.29, 1.82) is 0 Å². The molecule has 64 heavy (non-hydrogen) atoms. The van der Waals surface area contributed by atoms with E-state index in [1.54, 1.807) is 20.8 Å². The van der Waals surface area contributed by atoms with Crippen LogP contribution in [0.15, 0.2) is 91.4 Å². The summed E-state index contributed by atoms with van der Waals surface area (Å²) in [5, 5.41) is 117. The topological polar surface area (TPSA) is 364 Å². The van der Waals surface area contributed by atoms with Crippen molar-refractivity contribution in [2.45, 2.75) is 52.9 Å². The van der Waals surface area contributed by atoms with Crippen LogP contribution in [-0.2, 0) is 0 Å². The number of benzene rings is 4. The normalized spacial score (nSPS) is 11.0. The Labute approximate surface area is 357 Å². The predicted octanol–water partition coefficient (Wildman–Crippen LogP) is 6.64. The fraction of sp³-hybridized carbons (Fsp3) is 0.182. The van der Waals surface area contributed by atoms with Gasteiger partial charge in [0.05, 0.1) is 44.3 Å². The number of aromatic hydroxyl groups is 12. The first kappa shape index (κ1) is 46.4. The number of fused-ring (bicyclic) bond motifs is 4. The highest BCUT2D eigenvalue weighted by Gasteiger charge is 2.31. The Bertz CT molecular complexity index is 3230. The largest absolute Gasteiger partial charge is 0.507 e. The average Bonchev–Trinajstić information content (AvgIpc) is 3.24. The van der Waals surface area contributed by atoms with Crippen molar-refractivity contribution in [2.24, 2.45) is 0 Å². The summed E-state index contributed by atoms with van der Waals surface area (Å²) >= 11 is 0. The van der Waals surface area contributed by atoms with Gasteiger partial charge in [0.2, 0.25) is 23.0 Å². The lowest BCUT2D eigenvalue weighted by Gasteiger charge is -2.18. The zero-order valence-electron chi connectivity index (χ0n) is 34.2. The van der Waals surface area contributed by atoms with Crippen LogP contribution in [0.25, 0.3) is 43.9 Å². The molecule has 336 valence electrons. The highest BCUT2D eigenvalue weighted by molar-refractivity contribution is 5.93. The molecule has 0 unspecified atom stereocenters. The number of phenolic OH excluding ortho intramolecular Hbond substituents is 8. The molecule has 0 spiro atoms. The first-order valence-corrected chi connectivity index (χ1v) is 19.0. The van der Waals surface area contributed by atoms with Crippen LogP contribution < -0.4 is 22.5 Å². The van der Waals surface area contributed by atoms with E-state index in [0.29, 0.717) is 0 Å². The summed E-state index contributed by atoms with van der Waals surface area (Å²) in [5.41, 5.74) is -5.64. The molecular weight excluding hydrogens is 848 g/mol. The van der Waals surface area contributed by atoms with Crippen LogP contribution in [0.2, 0.25) is 0 Å². The second-order valence-electron chi connectivity index (χ2n) is 13.8. The van der Waals surface area contributed by atoms with Gasteiger partial charge in [-0.15, -0.1) is 0 Å². The van der Waals surface area contributed by atoms with E-state index < -0.39 is 97.1 Å². The third-order valence-corrected chi connectivity index (χ3v) is 9.63. The van der Waals surface area contributed by atoms with Crippen molar-refractivity contribution in [2.75, 3.05) is 0 Å². The van der Waals surface area contributed by atoms with Crippen LogP contribution in [0.4, 0.5) is 0 Å². The smallest absolute Gasteiger partial charge is 0.343 e. The van der Waals surface area contributed by atoms with E-state index in [2.05, 4.69) is 4.42 Å². The summed E-state index contributed by atoms with van der Waals surface area (Å²) in [4.78, 5) is 47.8. The van der Waals surface area contributed by atoms with E-state index in [-0.39, 0.29) is 73.2 Å². The molecule has 0 amide bonds. The molecule has 0 aliphatic carbocycles. The van der Waals surface area contributed by atoms with Crippen LogP contribution >= 0.6 is 0 Å².